The highest BCUT2D eigenvalue weighted by Gasteiger charge is 2.41. The molecule has 0 aliphatic carbocycles. The van der Waals surface area contributed by atoms with Gasteiger partial charge in [0.1, 0.15) is 5.75 Å². The number of halogens is 2. The van der Waals surface area contributed by atoms with E-state index in [1.54, 1.807) is 12.1 Å². The van der Waals surface area contributed by atoms with Crippen LogP contribution in [0.25, 0.3) is 0 Å². The number of anilines is 1. The molecule has 106 valence electrons. The second-order valence-corrected chi connectivity index (χ2v) is 5.50. The highest BCUT2D eigenvalue weighted by atomic mass is 19.3. The summed E-state index contributed by atoms with van der Waals surface area (Å²) in [5.74, 6) is 0.696. The summed E-state index contributed by atoms with van der Waals surface area (Å²) in [7, 11) is 0. The molecule has 0 saturated heterocycles. The van der Waals surface area contributed by atoms with Crippen molar-refractivity contribution in [3.05, 3.63) is 23.8 Å². The number of rotatable bonds is 5. The summed E-state index contributed by atoms with van der Waals surface area (Å²) in [4.78, 5) is 0. The van der Waals surface area contributed by atoms with Gasteiger partial charge >= 0.3 is 6.61 Å². The number of nitrogens with one attached hydrogen (secondary N) is 1. The molecule has 0 aromatic heterocycles. The Kier molecular flexibility index (Phi) is 3.97. The van der Waals surface area contributed by atoms with Crippen LogP contribution in [0.15, 0.2) is 18.2 Å². The lowest BCUT2D eigenvalue weighted by Gasteiger charge is -2.33. The Morgan fingerprint density at radius 2 is 2.11 bits per heavy atom. The molecule has 1 N–H and O–H groups in total. The summed E-state index contributed by atoms with van der Waals surface area (Å²) >= 11 is 0. The summed E-state index contributed by atoms with van der Waals surface area (Å²) in [5, 5.41) is 3.39. The summed E-state index contributed by atoms with van der Waals surface area (Å²) in [5.41, 5.74) is 2.18. The molecule has 1 atom stereocenters. The van der Waals surface area contributed by atoms with Crippen molar-refractivity contribution in [1.29, 1.82) is 0 Å². The minimum atomic E-state index is -2.77. The van der Waals surface area contributed by atoms with Crippen LogP contribution in [0.3, 0.4) is 0 Å². The van der Waals surface area contributed by atoms with E-state index in [1.165, 1.54) is 0 Å². The molecular formula is C15H21F2NO. The molecule has 0 saturated carbocycles. The van der Waals surface area contributed by atoms with Crippen LogP contribution in [0.1, 0.15) is 39.2 Å². The maximum Gasteiger partial charge on any atom is 0.387 e. The summed E-state index contributed by atoms with van der Waals surface area (Å²) in [6.07, 6.45) is 2.11. The van der Waals surface area contributed by atoms with Crippen molar-refractivity contribution in [2.45, 2.75) is 45.6 Å². The van der Waals surface area contributed by atoms with E-state index < -0.39 is 6.61 Å². The average molecular weight is 269 g/mol. The first-order valence-electron chi connectivity index (χ1n) is 6.83. The normalized spacial score (nSPS) is 21.6. The number of alkyl halides is 2. The van der Waals surface area contributed by atoms with Crippen molar-refractivity contribution < 1.29 is 13.5 Å². The molecular weight excluding hydrogens is 248 g/mol. The fraction of sp³-hybridized carbons (Fsp3) is 0.600. The van der Waals surface area contributed by atoms with Crippen molar-refractivity contribution in [2.24, 2.45) is 5.92 Å². The number of hydrogen-bond donors (Lipinski definition) is 1. The highest BCUT2D eigenvalue weighted by Crippen LogP contribution is 2.46. The number of fused-ring (bicyclic) bond motifs is 1. The largest absolute Gasteiger partial charge is 0.435 e. The van der Waals surface area contributed by atoms with Gasteiger partial charge in [-0.05, 0) is 36.1 Å². The first-order valence-corrected chi connectivity index (χ1v) is 6.83. The molecule has 1 unspecified atom stereocenters. The Bertz CT molecular complexity index is 444. The minimum Gasteiger partial charge on any atom is -0.435 e. The molecule has 1 aromatic carbocycles. The third-order valence-electron chi connectivity index (χ3n) is 4.15. The van der Waals surface area contributed by atoms with Crippen LogP contribution in [-0.4, -0.2) is 13.2 Å². The molecule has 0 fully saturated rings. The molecule has 0 radical (unpaired) electrons. The first kappa shape index (κ1) is 14.1. The molecule has 0 bridgehead atoms. The average Bonchev–Trinajstić information content (AvgIpc) is 2.69. The molecule has 1 aliphatic rings. The zero-order chi connectivity index (χ0) is 14.0. The maximum atomic E-state index is 12.3. The van der Waals surface area contributed by atoms with E-state index in [2.05, 4.69) is 30.8 Å². The van der Waals surface area contributed by atoms with Gasteiger partial charge < -0.3 is 10.1 Å². The van der Waals surface area contributed by atoms with Gasteiger partial charge in [-0.25, -0.2) is 0 Å². The summed E-state index contributed by atoms with van der Waals surface area (Å²) < 4.78 is 29.2. The Balaban J connectivity index is 2.40. The van der Waals surface area contributed by atoms with E-state index in [4.69, 9.17) is 0 Å². The van der Waals surface area contributed by atoms with Gasteiger partial charge in [-0.2, -0.15) is 8.78 Å². The Labute approximate surface area is 113 Å². The van der Waals surface area contributed by atoms with Crippen LogP contribution in [0, 0.1) is 5.92 Å². The Morgan fingerprint density at radius 3 is 2.68 bits per heavy atom. The monoisotopic (exact) mass is 269 g/mol. The SMILES string of the molecule is CCCC1(C(C)C)CNc2ccc(OC(F)F)cc21. The van der Waals surface area contributed by atoms with Crippen LogP contribution in [0.5, 0.6) is 5.75 Å². The first-order chi connectivity index (χ1) is 8.99. The van der Waals surface area contributed by atoms with Gasteiger partial charge in [-0.3, -0.25) is 0 Å². The van der Waals surface area contributed by atoms with Crippen LogP contribution < -0.4 is 10.1 Å². The van der Waals surface area contributed by atoms with Gasteiger partial charge in [0.05, 0.1) is 0 Å². The van der Waals surface area contributed by atoms with Crippen molar-refractivity contribution >= 4 is 5.69 Å². The number of hydrogen-bond acceptors (Lipinski definition) is 2. The predicted octanol–water partition coefficient (Wildman–Crippen LogP) is 4.41. The maximum absolute atomic E-state index is 12.3. The van der Waals surface area contributed by atoms with Gasteiger partial charge in [0.15, 0.2) is 0 Å². The van der Waals surface area contributed by atoms with Crippen molar-refractivity contribution in [2.75, 3.05) is 11.9 Å². The fourth-order valence-electron chi connectivity index (χ4n) is 3.09. The zero-order valence-corrected chi connectivity index (χ0v) is 11.7. The Morgan fingerprint density at radius 1 is 1.37 bits per heavy atom. The van der Waals surface area contributed by atoms with E-state index in [0.29, 0.717) is 5.92 Å². The third kappa shape index (κ3) is 2.53. The van der Waals surface area contributed by atoms with Gasteiger partial charge in [-0.15, -0.1) is 0 Å². The van der Waals surface area contributed by atoms with Gasteiger partial charge in [0, 0.05) is 17.6 Å². The molecule has 2 rings (SSSR count). The lowest BCUT2D eigenvalue weighted by molar-refractivity contribution is -0.0499. The van der Waals surface area contributed by atoms with E-state index >= 15 is 0 Å². The smallest absolute Gasteiger partial charge is 0.387 e. The van der Waals surface area contributed by atoms with Crippen LogP contribution >= 0.6 is 0 Å². The molecule has 0 spiro atoms. The third-order valence-corrected chi connectivity index (χ3v) is 4.15. The van der Waals surface area contributed by atoms with Gasteiger partial charge in [0.25, 0.3) is 0 Å². The summed E-state index contributed by atoms with van der Waals surface area (Å²) in [6, 6.07) is 5.21. The molecule has 4 heteroatoms. The van der Waals surface area contributed by atoms with Crippen molar-refractivity contribution in [3.8, 4) is 5.75 Å². The van der Waals surface area contributed by atoms with E-state index in [0.717, 1.165) is 30.6 Å². The molecule has 0 amide bonds. The fourth-order valence-corrected chi connectivity index (χ4v) is 3.09. The zero-order valence-electron chi connectivity index (χ0n) is 11.7. The molecule has 1 aromatic rings. The second kappa shape index (κ2) is 5.35. The minimum absolute atomic E-state index is 0.0194. The second-order valence-electron chi connectivity index (χ2n) is 5.50. The topological polar surface area (TPSA) is 21.3 Å². The van der Waals surface area contributed by atoms with Gasteiger partial charge in [0.2, 0.25) is 0 Å². The standard InChI is InChI=1S/C15H21F2NO/c1-4-7-15(10(2)3)9-18-13-6-5-11(8-12(13)15)19-14(16)17/h5-6,8,10,14,18H,4,7,9H2,1-3H3. The van der Waals surface area contributed by atoms with Gasteiger partial charge in [-0.1, -0.05) is 27.2 Å². The molecule has 2 nitrogen and oxygen atoms in total. The Hall–Kier alpha value is -1.32. The van der Waals surface area contributed by atoms with E-state index in [-0.39, 0.29) is 11.2 Å². The summed E-state index contributed by atoms with van der Waals surface area (Å²) in [6.45, 7) is 4.63. The molecule has 1 aliphatic heterocycles. The van der Waals surface area contributed by atoms with E-state index in [9.17, 15) is 8.78 Å². The molecule has 19 heavy (non-hydrogen) atoms. The van der Waals surface area contributed by atoms with Crippen LogP contribution in [0.2, 0.25) is 0 Å². The number of ether oxygens (including phenoxy) is 1. The van der Waals surface area contributed by atoms with Crippen LogP contribution in [0.4, 0.5) is 14.5 Å². The lowest BCUT2D eigenvalue weighted by Crippen LogP contribution is -2.34. The lowest BCUT2D eigenvalue weighted by atomic mass is 9.70. The number of benzene rings is 1. The van der Waals surface area contributed by atoms with Crippen molar-refractivity contribution in [1.82, 2.24) is 0 Å². The highest BCUT2D eigenvalue weighted by molar-refractivity contribution is 5.62. The quantitative estimate of drug-likeness (QED) is 0.855. The molecule has 1 heterocycles. The predicted molar refractivity (Wildman–Crippen MR) is 73.0 cm³/mol. The van der Waals surface area contributed by atoms with E-state index in [1.807, 2.05) is 6.07 Å². The van der Waals surface area contributed by atoms with Crippen molar-refractivity contribution in [3.63, 3.8) is 0 Å². The van der Waals surface area contributed by atoms with Crippen LogP contribution in [-0.2, 0) is 5.41 Å².